The Morgan fingerprint density at radius 2 is 1.92 bits per heavy atom. The Kier molecular flexibility index (Phi) is 6.25. The molecule has 1 unspecified atom stereocenters. The lowest BCUT2D eigenvalue weighted by molar-refractivity contribution is -0.141. The Morgan fingerprint density at radius 3 is 2.54 bits per heavy atom. The van der Waals surface area contributed by atoms with Gasteiger partial charge < -0.3 is 15.2 Å². The first-order valence-corrected chi connectivity index (χ1v) is 7.92. The molecule has 128 valence electrons. The van der Waals surface area contributed by atoms with Crippen LogP contribution in [0.5, 0.6) is 5.75 Å². The average molecular weight is 355 g/mol. The first-order chi connectivity index (χ1) is 11.5. The molecule has 24 heavy (non-hydrogen) atoms. The number of rotatable bonds is 8. The number of alkyl halides is 2. The van der Waals surface area contributed by atoms with Crippen molar-refractivity contribution in [2.45, 2.75) is 13.0 Å². The maximum absolute atomic E-state index is 12.3. The smallest absolute Gasteiger partial charge is 0.387 e. The topological polar surface area (TPSA) is 75.6 Å². The molecule has 0 spiro atoms. The number of benzene rings is 1. The summed E-state index contributed by atoms with van der Waals surface area (Å²) in [6, 6.07) is 10.3. The normalized spacial score (nSPS) is 12.0. The molecule has 0 aliphatic heterocycles. The number of carboxylic acids is 1. The first-order valence-electron chi connectivity index (χ1n) is 7.04. The fourth-order valence-electron chi connectivity index (χ4n) is 2.09. The van der Waals surface area contributed by atoms with Crippen LogP contribution in [0.15, 0.2) is 41.8 Å². The number of hydrogen-bond donors (Lipinski definition) is 2. The second kappa shape index (κ2) is 8.39. The monoisotopic (exact) mass is 355 g/mol. The van der Waals surface area contributed by atoms with Crippen LogP contribution < -0.4 is 10.1 Å². The highest BCUT2D eigenvalue weighted by Crippen LogP contribution is 2.26. The van der Waals surface area contributed by atoms with Crippen molar-refractivity contribution in [1.29, 1.82) is 0 Å². The van der Waals surface area contributed by atoms with Crippen molar-refractivity contribution in [2.24, 2.45) is 5.92 Å². The summed E-state index contributed by atoms with van der Waals surface area (Å²) in [6.45, 7) is -3.15. The molecular weight excluding hydrogens is 340 g/mol. The third-order valence-electron chi connectivity index (χ3n) is 3.23. The minimum absolute atomic E-state index is 0.0147. The number of amides is 1. The number of ether oxygens (including phenoxy) is 1. The Bertz CT molecular complexity index is 690. The molecule has 1 aromatic carbocycles. The highest BCUT2D eigenvalue weighted by Gasteiger charge is 2.22. The molecule has 1 heterocycles. The SMILES string of the molecule is O=C(NCC(Cc1ccccc1)C(=O)O)c1sccc1OC(F)F. The predicted molar refractivity (Wildman–Crippen MR) is 84.6 cm³/mol. The van der Waals surface area contributed by atoms with Crippen molar-refractivity contribution in [3.05, 3.63) is 52.2 Å². The van der Waals surface area contributed by atoms with Gasteiger partial charge in [-0.1, -0.05) is 30.3 Å². The van der Waals surface area contributed by atoms with E-state index < -0.39 is 24.4 Å². The average Bonchev–Trinajstić information content (AvgIpc) is 2.99. The van der Waals surface area contributed by atoms with E-state index in [1.54, 1.807) is 24.3 Å². The van der Waals surface area contributed by atoms with Crippen LogP contribution in [-0.4, -0.2) is 30.1 Å². The van der Waals surface area contributed by atoms with Crippen LogP contribution in [-0.2, 0) is 11.2 Å². The maximum atomic E-state index is 12.3. The Labute approximate surface area is 140 Å². The fourth-order valence-corrected chi connectivity index (χ4v) is 2.83. The third-order valence-corrected chi connectivity index (χ3v) is 4.13. The number of nitrogens with one attached hydrogen (secondary N) is 1. The number of carbonyl (C=O) groups is 2. The van der Waals surface area contributed by atoms with Gasteiger partial charge >= 0.3 is 12.6 Å². The number of thiophene rings is 1. The molecule has 2 N–H and O–H groups in total. The van der Waals surface area contributed by atoms with Gasteiger partial charge in [0.05, 0.1) is 5.92 Å². The molecule has 8 heteroatoms. The number of hydrogen-bond acceptors (Lipinski definition) is 4. The van der Waals surface area contributed by atoms with Crippen LogP contribution >= 0.6 is 11.3 Å². The summed E-state index contributed by atoms with van der Waals surface area (Å²) in [5.41, 5.74) is 0.831. The van der Waals surface area contributed by atoms with E-state index in [0.717, 1.165) is 16.9 Å². The standard InChI is InChI=1S/C16H15F2NO4S/c17-16(18)23-12-6-7-24-13(12)14(20)19-9-11(15(21)22)8-10-4-2-1-3-5-10/h1-7,11,16H,8-9H2,(H,19,20)(H,21,22). The summed E-state index contributed by atoms with van der Waals surface area (Å²) in [5, 5.41) is 13.2. The van der Waals surface area contributed by atoms with Gasteiger partial charge in [0.1, 0.15) is 10.6 Å². The summed E-state index contributed by atoms with van der Waals surface area (Å²) in [7, 11) is 0. The van der Waals surface area contributed by atoms with Gasteiger partial charge in [0.2, 0.25) is 0 Å². The molecule has 0 aliphatic carbocycles. The number of aliphatic carboxylic acids is 1. The van der Waals surface area contributed by atoms with E-state index >= 15 is 0 Å². The van der Waals surface area contributed by atoms with Gasteiger partial charge in [0.25, 0.3) is 5.91 Å². The fraction of sp³-hybridized carbons (Fsp3) is 0.250. The summed E-state index contributed by atoms with van der Waals surface area (Å²) >= 11 is 0.946. The number of carboxylic acid groups (broad SMARTS) is 1. The number of halogens is 2. The molecule has 2 rings (SSSR count). The molecule has 5 nitrogen and oxygen atoms in total. The van der Waals surface area contributed by atoms with Crippen LogP contribution in [0, 0.1) is 5.92 Å². The molecule has 1 amide bonds. The zero-order chi connectivity index (χ0) is 17.5. The Hall–Kier alpha value is -2.48. The molecule has 0 saturated heterocycles. The molecule has 0 fully saturated rings. The molecule has 1 aromatic heterocycles. The third kappa shape index (κ3) is 5.02. The predicted octanol–water partition coefficient (Wildman–Crippen LogP) is 3.02. The molecule has 0 saturated carbocycles. The van der Waals surface area contributed by atoms with Gasteiger partial charge in [-0.15, -0.1) is 11.3 Å². The van der Waals surface area contributed by atoms with Crippen molar-refractivity contribution in [2.75, 3.05) is 6.54 Å². The van der Waals surface area contributed by atoms with Gasteiger partial charge in [0, 0.05) is 6.54 Å². The lowest BCUT2D eigenvalue weighted by atomic mass is 9.99. The van der Waals surface area contributed by atoms with E-state index in [2.05, 4.69) is 10.1 Å². The highest BCUT2D eigenvalue weighted by molar-refractivity contribution is 7.12. The van der Waals surface area contributed by atoms with Crippen molar-refractivity contribution >= 4 is 23.2 Å². The van der Waals surface area contributed by atoms with Crippen molar-refractivity contribution < 1.29 is 28.2 Å². The summed E-state index contributed by atoms with van der Waals surface area (Å²) in [6.07, 6.45) is 0.251. The van der Waals surface area contributed by atoms with Crippen LogP contribution in [0.3, 0.4) is 0 Å². The molecule has 0 radical (unpaired) electrons. The highest BCUT2D eigenvalue weighted by atomic mass is 32.1. The van der Waals surface area contributed by atoms with E-state index in [1.807, 2.05) is 6.07 Å². The van der Waals surface area contributed by atoms with E-state index in [1.165, 1.54) is 11.4 Å². The van der Waals surface area contributed by atoms with Crippen LogP contribution in [0.1, 0.15) is 15.2 Å². The van der Waals surface area contributed by atoms with Crippen LogP contribution in [0.25, 0.3) is 0 Å². The lowest BCUT2D eigenvalue weighted by Gasteiger charge is -2.13. The zero-order valence-corrected chi connectivity index (χ0v) is 13.3. The van der Waals surface area contributed by atoms with Gasteiger partial charge in [-0.25, -0.2) is 0 Å². The largest absolute Gasteiger partial charge is 0.481 e. The quantitative estimate of drug-likeness (QED) is 0.763. The van der Waals surface area contributed by atoms with E-state index in [0.29, 0.717) is 0 Å². The number of carbonyl (C=O) groups excluding carboxylic acids is 1. The van der Waals surface area contributed by atoms with Crippen molar-refractivity contribution in [3.8, 4) is 5.75 Å². The minimum Gasteiger partial charge on any atom is -0.481 e. The molecule has 0 bridgehead atoms. The van der Waals surface area contributed by atoms with Gasteiger partial charge in [-0.2, -0.15) is 8.78 Å². The second-order valence-electron chi connectivity index (χ2n) is 4.93. The summed E-state index contributed by atoms with van der Waals surface area (Å²) in [4.78, 5) is 23.4. The first kappa shape index (κ1) is 17.9. The summed E-state index contributed by atoms with van der Waals surface area (Å²) < 4.78 is 28.8. The van der Waals surface area contributed by atoms with Crippen molar-refractivity contribution in [3.63, 3.8) is 0 Å². The van der Waals surface area contributed by atoms with E-state index in [4.69, 9.17) is 0 Å². The molecule has 2 aromatic rings. The molecule has 1 atom stereocenters. The van der Waals surface area contributed by atoms with Crippen LogP contribution in [0.4, 0.5) is 8.78 Å². The van der Waals surface area contributed by atoms with Gasteiger partial charge in [-0.05, 0) is 23.4 Å². The van der Waals surface area contributed by atoms with Gasteiger partial charge in [-0.3, -0.25) is 9.59 Å². The molecular formula is C16H15F2NO4S. The van der Waals surface area contributed by atoms with Gasteiger partial charge in [0.15, 0.2) is 0 Å². The Balaban J connectivity index is 1.98. The molecule has 0 aliphatic rings. The van der Waals surface area contributed by atoms with Crippen molar-refractivity contribution in [1.82, 2.24) is 5.32 Å². The lowest BCUT2D eigenvalue weighted by Crippen LogP contribution is -2.34. The second-order valence-corrected chi connectivity index (χ2v) is 5.84. The summed E-state index contributed by atoms with van der Waals surface area (Å²) in [5.74, 6) is -2.73. The van der Waals surface area contributed by atoms with E-state index in [-0.39, 0.29) is 23.6 Å². The van der Waals surface area contributed by atoms with Crippen LogP contribution in [0.2, 0.25) is 0 Å². The minimum atomic E-state index is -3.03. The van der Waals surface area contributed by atoms with E-state index in [9.17, 15) is 23.5 Å². The maximum Gasteiger partial charge on any atom is 0.387 e. The zero-order valence-electron chi connectivity index (χ0n) is 12.4. The Morgan fingerprint density at radius 1 is 1.21 bits per heavy atom.